The van der Waals surface area contributed by atoms with Gasteiger partial charge in [0, 0.05) is 13.2 Å². The van der Waals surface area contributed by atoms with Gasteiger partial charge in [-0.05, 0) is 6.07 Å². The van der Waals surface area contributed by atoms with Gasteiger partial charge in [-0.1, -0.05) is 23.2 Å². The van der Waals surface area contributed by atoms with Crippen LogP contribution in [0.5, 0.6) is 11.5 Å². The van der Waals surface area contributed by atoms with Gasteiger partial charge in [-0.25, -0.2) is 4.98 Å². The Balaban J connectivity index is 2.83. The van der Waals surface area contributed by atoms with E-state index in [-0.39, 0.29) is 0 Å². The van der Waals surface area contributed by atoms with E-state index < -0.39 is 0 Å². The fraction of sp³-hybridized carbons (Fsp3) is 0.308. The van der Waals surface area contributed by atoms with Crippen molar-refractivity contribution in [2.24, 2.45) is 0 Å². The zero-order valence-electron chi connectivity index (χ0n) is 10.8. The molecule has 0 N–H and O–H groups in total. The third-order valence-corrected chi connectivity index (χ3v) is 3.25. The minimum Gasteiger partial charge on any atom is -0.494 e. The summed E-state index contributed by atoms with van der Waals surface area (Å²) in [6.07, 6.45) is 0. The van der Waals surface area contributed by atoms with Crippen molar-refractivity contribution in [3.05, 3.63) is 27.9 Å². The largest absolute Gasteiger partial charge is 0.494 e. The highest BCUT2D eigenvalue weighted by Gasteiger charge is 2.17. The Hall–Kier alpha value is -1.23. The molecule has 0 bridgehead atoms. The number of pyridine rings is 1. The van der Waals surface area contributed by atoms with Crippen LogP contribution in [0, 0.1) is 0 Å². The van der Waals surface area contributed by atoms with Crippen LogP contribution < -0.4 is 9.47 Å². The number of methoxy groups -OCH3 is 3. The van der Waals surface area contributed by atoms with Crippen molar-refractivity contribution in [2.45, 2.75) is 6.61 Å². The van der Waals surface area contributed by atoms with Crippen molar-refractivity contribution in [1.29, 1.82) is 0 Å². The molecule has 19 heavy (non-hydrogen) atoms. The minimum absolute atomic E-state index is 0.365. The van der Waals surface area contributed by atoms with Crippen LogP contribution in [0.2, 0.25) is 10.0 Å². The van der Waals surface area contributed by atoms with Crippen molar-refractivity contribution in [1.82, 2.24) is 4.98 Å². The highest BCUT2D eigenvalue weighted by atomic mass is 35.5. The molecule has 0 atom stereocenters. The molecule has 0 amide bonds. The van der Waals surface area contributed by atoms with Crippen LogP contribution >= 0.6 is 23.2 Å². The SMILES string of the molecule is COCc1cc(Cl)c2c(OC)c(Cl)cc(OC)c2n1. The molecule has 0 aliphatic carbocycles. The summed E-state index contributed by atoms with van der Waals surface area (Å²) in [7, 11) is 4.68. The van der Waals surface area contributed by atoms with Crippen molar-refractivity contribution >= 4 is 34.1 Å². The summed E-state index contributed by atoms with van der Waals surface area (Å²) in [5.41, 5.74) is 1.31. The second kappa shape index (κ2) is 5.82. The minimum atomic E-state index is 0.365. The maximum atomic E-state index is 6.29. The normalized spacial score (nSPS) is 10.8. The topological polar surface area (TPSA) is 40.6 Å². The Morgan fingerprint density at radius 3 is 2.37 bits per heavy atom. The van der Waals surface area contributed by atoms with Crippen LogP contribution in [-0.4, -0.2) is 26.3 Å². The molecule has 1 aromatic heterocycles. The number of aromatic nitrogens is 1. The molecule has 1 aromatic carbocycles. The van der Waals surface area contributed by atoms with Gasteiger partial charge < -0.3 is 14.2 Å². The second-order valence-electron chi connectivity index (χ2n) is 3.85. The van der Waals surface area contributed by atoms with Crippen molar-refractivity contribution in [2.75, 3.05) is 21.3 Å². The summed E-state index contributed by atoms with van der Waals surface area (Å²) < 4.78 is 15.7. The molecule has 0 radical (unpaired) electrons. The number of halogens is 2. The van der Waals surface area contributed by atoms with E-state index in [1.54, 1.807) is 26.4 Å². The van der Waals surface area contributed by atoms with Crippen molar-refractivity contribution in [3.8, 4) is 11.5 Å². The summed E-state index contributed by atoms with van der Waals surface area (Å²) in [6.45, 7) is 0.365. The van der Waals surface area contributed by atoms with Gasteiger partial charge in [-0.3, -0.25) is 0 Å². The third-order valence-electron chi connectivity index (χ3n) is 2.68. The number of fused-ring (bicyclic) bond motifs is 1. The van der Waals surface area contributed by atoms with Gasteiger partial charge in [0.15, 0.2) is 0 Å². The summed E-state index contributed by atoms with van der Waals surface area (Å²) in [5.74, 6) is 1.03. The average Bonchev–Trinajstić information content (AvgIpc) is 2.39. The molecule has 0 fully saturated rings. The molecule has 0 spiro atoms. The molecule has 6 heteroatoms. The number of hydrogen-bond acceptors (Lipinski definition) is 4. The Morgan fingerprint density at radius 2 is 1.79 bits per heavy atom. The number of benzene rings is 1. The number of hydrogen-bond donors (Lipinski definition) is 0. The smallest absolute Gasteiger partial charge is 0.148 e. The van der Waals surface area contributed by atoms with Gasteiger partial charge in [0.1, 0.15) is 17.0 Å². The Labute approximate surface area is 121 Å². The first-order valence-corrected chi connectivity index (χ1v) is 6.26. The van der Waals surface area contributed by atoms with E-state index in [0.29, 0.717) is 44.7 Å². The Kier molecular flexibility index (Phi) is 4.34. The van der Waals surface area contributed by atoms with Gasteiger partial charge in [-0.15, -0.1) is 0 Å². The van der Waals surface area contributed by atoms with Crippen LogP contribution in [0.15, 0.2) is 12.1 Å². The zero-order chi connectivity index (χ0) is 14.0. The van der Waals surface area contributed by atoms with E-state index >= 15 is 0 Å². The Morgan fingerprint density at radius 1 is 1.05 bits per heavy atom. The molecule has 1 heterocycles. The van der Waals surface area contributed by atoms with Gasteiger partial charge in [0.25, 0.3) is 0 Å². The van der Waals surface area contributed by atoms with Gasteiger partial charge in [0.05, 0.1) is 42.0 Å². The van der Waals surface area contributed by atoms with Crippen LogP contribution in [0.3, 0.4) is 0 Å². The lowest BCUT2D eigenvalue weighted by atomic mass is 10.1. The molecule has 102 valence electrons. The average molecular weight is 302 g/mol. The second-order valence-corrected chi connectivity index (χ2v) is 4.66. The van der Waals surface area contributed by atoms with Crippen LogP contribution in [0.25, 0.3) is 10.9 Å². The van der Waals surface area contributed by atoms with E-state index in [2.05, 4.69) is 4.98 Å². The lowest BCUT2D eigenvalue weighted by Crippen LogP contribution is -1.98. The monoisotopic (exact) mass is 301 g/mol. The quantitative estimate of drug-likeness (QED) is 0.863. The fourth-order valence-corrected chi connectivity index (χ4v) is 2.48. The molecule has 0 unspecified atom stereocenters. The Bertz CT molecular complexity index is 617. The van der Waals surface area contributed by atoms with Gasteiger partial charge in [-0.2, -0.15) is 0 Å². The first-order chi connectivity index (χ1) is 9.12. The van der Waals surface area contributed by atoms with E-state index in [1.807, 2.05) is 0 Å². The molecule has 4 nitrogen and oxygen atoms in total. The molecule has 2 rings (SSSR count). The molecule has 0 aliphatic rings. The van der Waals surface area contributed by atoms with Crippen LogP contribution in [0.1, 0.15) is 5.69 Å². The summed E-state index contributed by atoms with van der Waals surface area (Å²) in [5, 5.41) is 1.55. The summed E-state index contributed by atoms with van der Waals surface area (Å²) in [4.78, 5) is 4.47. The predicted molar refractivity (Wildman–Crippen MR) is 75.6 cm³/mol. The van der Waals surface area contributed by atoms with Crippen molar-refractivity contribution in [3.63, 3.8) is 0 Å². The lowest BCUT2D eigenvalue weighted by molar-refractivity contribution is 0.182. The van der Waals surface area contributed by atoms with E-state index in [4.69, 9.17) is 37.4 Å². The maximum Gasteiger partial charge on any atom is 0.148 e. The molecule has 0 saturated heterocycles. The first-order valence-electron chi connectivity index (χ1n) is 5.51. The lowest BCUT2D eigenvalue weighted by Gasteiger charge is -2.13. The van der Waals surface area contributed by atoms with E-state index in [9.17, 15) is 0 Å². The zero-order valence-corrected chi connectivity index (χ0v) is 12.3. The predicted octanol–water partition coefficient (Wildman–Crippen LogP) is 3.71. The van der Waals surface area contributed by atoms with Crippen LogP contribution in [0.4, 0.5) is 0 Å². The number of rotatable bonds is 4. The summed E-state index contributed by atoms with van der Waals surface area (Å²) in [6, 6.07) is 3.38. The maximum absolute atomic E-state index is 6.29. The third kappa shape index (κ3) is 2.56. The van der Waals surface area contributed by atoms with E-state index in [1.165, 1.54) is 7.11 Å². The fourth-order valence-electron chi connectivity index (χ4n) is 1.90. The van der Waals surface area contributed by atoms with E-state index in [0.717, 1.165) is 0 Å². The molecule has 2 aromatic rings. The van der Waals surface area contributed by atoms with Gasteiger partial charge >= 0.3 is 0 Å². The highest BCUT2D eigenvalue weighted by molar-refractivity contribution is 6.38. The molecule has 0 saturated carbocycles. The first kappa shape index (κ1) is 14.2. The van der Waals surface area contributed by atoms with Crippen LogP contribution in [-0.2, 0) is 11.3 Å². The standard InChI is InChI=1S/C13H13Cl2NO3/c1-17-6-7-4-8(14)11-12(16-7)10(18-2)5-9(15)13(11)19-3/h4-5H,6H2,1-3H3. The molecular formula is C13H13Cl2NO3. The highest BCUT2D eigenvalue weighted by Crippen LogP contribution is 2.42. The van der Waals surface area contributed by atoms with Gasteiger partial charge in [0.2, 0.25) is 0 Å². The molecule has 0 aliphatic heterocycles. The van der Waals surface area contributed by atoms with Crippen molar-refractivity contribution < 1.29 is 14.2 Å². The summed E-state index contributed by atoms with van der Waals surface area (Å²) >= 11 is 12.4. The number of nitrogens with zero attached hydrogens (tertiary/aromatic N) is 1. The molecular weight excluding hydrogens is 289 g/mol. The number of ether oxygens (including phenoxy) is 3.